The summed E-state index contributed by atoms with van der Waals surface area (Å²) in [5, 5.41) is 13.7. The van der Waals surface area contributed by atoms with Gasteiger partial charge in [-0.15, -0.1) is 0 Å². The molecule has 0 N–H and O–H groups in total. The molecule has 14 aromatic rings. The number of benzene rings is 11. The highest BCUT2D eigenvalue weighted by Crippen LogP contribution is 2.44. The van der Waals surface area contributed by atoms with E-state index in [9.17, 15) is 0 Å². The first kappa shape index (κ1) is 40.6. The molecule has 3 aromatic heterocycles. The Morgan fingerprint density at radius 3 is 1.56 bits per heavy atom. The highest BCUT2D eigenvalue weighted by atomic mass is 16.3. The maximum Gasteiger partial charge on any atom is 0.143 e. The molecule has 15 rings (SSSR count). The predicted octanol–water partition coefficient (Wildman–Crippen LogP) is 19.0. The summed E-state index contributed by atoms with van der Waals surface area (Å²) in [6.07, 6.45) is 5.54. The summed E-state index contributed by atoms with van der Waals surface area (Å²) >= 11 is 0. The average molecular weight is 925 g/mol. The molecular formula is C67H44N2O3. The predicted molar refractivity (Wildman–Crippen MR) is 301 cm³/mol. The number of para-hydroxylation sites is 2. The number of nitrogens with zero attached hydrogens (tertiary/aromatic N) is 2. The van der Waals surface area contributed by atoms with Gasteiger partial charge in [-0.2, -0.15) is 0 Å². The molecule has 0 saturated carbocycles. The average Bonchev–Trinajstić information content (AvgIpc) is 4.18. The van der Waals surface area contributed by atoms with Crippen LogP contribution in [0.15, 0.2) is 243 Å². The molecule has 0 unspecified atom stereocenters. The summed E-state index contributed by atoms with van der Waals surface area (Å²) in [5.74, 6) is 0. The van der Waals surface area contributed by atoms with Crippen molar-refractivity contribution >= 4 is 132 Å². The van der Waals surface area contributed by atoms with E-state index in [-0.39, 0.29) is 0 Å². The molecule has 0 spiro atoms. The van der Waals surface area contributed by atoms with Crippen molar-refractivity contribution in [3.05, 3.63) is 241 Å². The molecule has 5 nitrogen and oxygen atoms in total. The third-order valence-corrected chi connectivity index (χ3v) is 15.0. The van der Waals surface area contributed by atoms with Crippen LogP contribution in [0.25, 0.3) is 104 Å². The van der Waals surface area contributed by atoms with Crippen molar-refractivity contribution in [2.45, 2.75) is 13.3 Å². The fraction of sp³-hybridized carbons (Fsp3) is 0.0448. The molecule has 0 radical (unpaired) electrons. The Hall–Kier alpha value is -9.32. The second kappa shape index (κ2) is 15.9. The largest absolute Gasteiger partial charge is 0.456 e. The first-order valence-corrected chi connectivity index (χ1v) is 24.7. The molecule has 0 saturated heterocycles. The number of hydrogen-bond acceptors (Lipinski definition) is 5. The maximum atomic E-state index is 6.80. The second-order valence-electron chi connectivity index (χ2n) is 19.3. The molecule has 1 aliphatic carbocycles. The smallest absolute Gasteiger partial charge is 0.143 e. The molecule has 1 aliphatic rings. The summed E-state index contributed by atoms with van der Waals surface area (Å²) in [6, 6.07) is 75.7. The van der Waals surface area contributed by atoms with Crippen LogP contribution in [0.2, 0.25) is 0 Å². The third kappa shape index (κ3) is 6.41. The summed E-state index contributed by atoms with van der Waals surface area (Å²) < 4.78 is 20.1. The summed E-state index contributed by atoms with van der Waals surface area (Å²) in [6.45, 7) is 2.96. The van der Waals surface area contributed by atoms with Gasteiger partial charge in [0.1, 0.15) is 33.5 Å². The van der Waals surface area contributed by atoms with Crippen molar-refractivity contribution in [3.63, 3.8) is 0 Å². The molecule has 0 fully saturated rings. The van der Waals surface area contributed by atoms with Crippen LogP contribution in [0, 0.1) is 0 Å². The number of fused-ring (bicyclic) bond motifs is 15. The fourth-order valence-electron chi connectivity index (χ4n) is 11.5. The fourth-order valence-corrected chi connectivity index (χ4v) is 11.5. The summed E-state index contributed by atoms with van der Waals surface area (Å²) in [7, 11) is 0. The van der Waals surface area contributed by atoms with Crippen LogP contribution in [-0.4, -0.2) is 6.54 Å². The molecule has 0 bridgehead atoms. The minimum atomic E-state index is 0.688. The number of anilines is 5. The van der Waals surface area contributed by atoms with E-state index in [2.05, 4.69) is 241 Å². The molecule has 72 heavy (non-hydrogen) atoms. The second-order valence-corrected chi connectivity index (χ2v) is 19.3. The first-order chi connectivity index (χ1) is 35.6. The van der Waals surface area contributed by atoms with E-state index in [1.807, 2.05) is 0 Å². The molecular weight excluding hydrogens is 881 g/mol. The molecule has 340 valence electrons. The number of furan rings is 3. The Morgan fingerprint density at radius 1 is 0.389 bits per heavy atom. The van der Waals surface area contributed by atoms with E-state index >= 15 is 0 Å². The van der Waals surface area contributed by atoms with Crippen molar-refractivity contribution in [2.24, 2.45) is 0 Å². The number of hydrogen-bond donors (Lipinski definition) is 0. The van der Waals surface area contributed by atoms with Crippen molar-refractivity contribution in [1.82, 2.24) is 0 Å². The van der Waals surface area contributed by atoms with Gasteiger partial charge >= 0.3 is 0 Å². The molecule has 0 atom stereocenters. The van der Waals surface area contributed by atoms with E-state index < -0.39 is 0 Å². The zero-order valence-electron chi connectivity index (χ0n) is 39.4. The first-order valence-electron chi connectivity index (χ1n) is 24.7. The van der Waals surface area contributed by atoms with Crippen LogP contribution in [0.3, 0.4) is 0 Å². The Balaban J connectivity index is 0.759. The van der Waals surface area contributed by atoms with E-state index in [1.54, 1.807) is 0 Å². The van der Waals surface area contributed by atoms with Crippen LogP contribution in [0.4, 0.5) is 28.4 Å². The molecule has 3 heterocycles. The standard InChI is InChI=1S/C67H44N2O3/c1-41-33-46-34-44-36-61-57-31-26-50(69(48-17-6-3-7-18-48)51-25-30-56-59-28-23-43-14-9-11-20-54(43)67(59)72-65(56)40-51)39-63(57)70-62(61)37-45(44)35-60(46)52(41)21-12-32-68(47-15-4-2-5-16-47)49-24-29-55-58-27-22-42-13-8-10-19-53(42)66(58)71-64(55)38-49/h2-31,34-40H,32-33H2,1H3/b21-12-. The summed E-state index contributed by atoms with van der Waals surface area (Å²) in [4.78, 5) is 4.64. The Kier molecular flexibility index (Phi) is 8.93. The van der Waals surface area contributed by atoms with Crippen molar-refractivity contribution in [2.75, 3.05) is 16.3 Å². The van der Waals surface area contributed by atoms with Crippen molar-refractivity contribution in [1.29, 1.82) is 0 Å². The van der Waals surface area contributed by atoms with Gasteiger partial charge in [0.25, 0.3) is 0 Å². The molecule has 5 heteroatoms. The van der Waals surface area contributed by atoms with Gasteiger partial charge in [0.05, 0.1) is 0 Å². The van der Waals surface area contributed by atoms with Crippen molar-refractivity contribution in [3.8, 4) is 0 Å². The van der Waals surface area contributed by atoms with Gasteiger partial charge in [-0.3, -0.25) is 0 Å². The Morgan fingerprint density at radius 2 is 0.903 bits per heavy atom. The van der Waals surface area contributed by atoms with E-state index in [4.69, 9.17) is 13.3 Å². The van der Waals surface area contributed by atoms with Gasteiger partial charge in [-0.25, -0.2) is 0 Å². The lowest BCUT2D eigenvalue weighted by Crippen LogP contribution is -2.16. The normalized spacial score (nSPS) is 13.0. The van der Waals surface area contributed by atoms with Crippen LogP contribution >= 0.6 is 0 Å². The Bertz CT molecular complexity index is 4590. The Labute approximate surface area is 414 Å². The van der Waals surface area contributed by atoms with E-state index in [0.717, 1.165) is 117 Å². The lowest BCUT2D eigenvalue weighted by atomic mass is 9.98. The highest BCUT2D eigenvalue weighted by molar-refractivity contribution is 6.17. The van der Waals surface area contributed by atoms with E-state index in [1.165, 1.54) is 38.4 Å². The highest BCUT2D eigenvalue weighted by Gasteiger charge is 2.22. The van der Waals surface area contributed by atoms with E-state index in [0.29, 0.717) is 6.54 Å². The zero-order chi connectivity index (χ0) is 47.4. The lowest BCUT2D eigenvalue weighted by molar-refractivity contribution is 0.669. The van der Waals surface area contributed by atoms with Crippen LogP contribution < -0.4 is 9.80 Å². The SMILES string of the molecule is CC1=C(/C=C\CN(c2ccccc2)c2ccc3c(c2)oc2c4ccccc4ccc32)c2cc3cc4oc5cc(N(c6ccccc6)c6ccc7c(c6)oc6c8ccccc8ccc76)ccc5c4cc3cc2C1. The molecule has 11 aromatic carbocycles. The molecule has 0 amide bonds. The van der Waals surface area contributed by atoms with Crippen LogP contribution in [-0.2, 0) is 6.42 Å². The van der Waals surface area contributed by atoms with Crippen molar-refractivity contribution < 1.29 is 13.3 Å². The lowest BCUT2D eigenvalue weighted by Gasteiger charge is -2.25. The van der Waals surface area contributed by atoms with Crippen LogP contribution in [0.1, 0.15) is 18.1 Å². The third-order valence-electron chi connectivity index (χ3n) is 15.0. The zero-order valence-corrected chi connectivity index (χ0v) is 39.4. The van der Waals surface area contributed by atoms with Crippen LogP contribution in [0.5, 0.6) is 0 Å². The number of rotatable bonds is 8. The van der Waals surface area contributed by atoms with Gasteiger partial charge in [0.2, 0.25) is 0 Å². The van der Waals surface area contributed by atoms with Gasteiger partial charge < -0.3 is 23.1 Å². The minimum absolute atomic E-state index is 0.688. The van der Waals surface area contributed by atoms with Gasteiger partial charge in [0.15, 0.2) is 0 Å². The van der Waals surface area contributed by atoms with Gasteiger partial charge in [-0.1, -0.05) is 121 Å². The monoisotopic (exact) mass is 924 g/mol. The summed E-state index contributed by atoms with van der Waals surface area (Å²) in [5.41, 5.74) is 15.9. The number of allylic oxidation sites excluding steroid dienone is 3. The minimum Gasteiger partial charge on any atom is -0.456 e. The maximum absolute atomic E-state index is 6.80. The topological polar surface area (TPSA) is 45.9 Å². The quantitative estimate of drug-likeness (QED) is 0.152. The molecule has 0 aliphatic heterocycles. The van der Waals surface area contributed by atoms with Gasteiger partial charge in [0, 0.05) is 96.3 Å². The van der Waals surface area contributed by atoms with Gasteiger partial charge in [-0.05, 0) is 143 Å².